The normalized spacial score (nSPS) is 10.8. The second kappa shape index (κ2) is 5.97. The van der Waals surface area contributed by atoms with Gasteiger partial charge in [0, 0.05) is 13.5 Å². The molecule has 0 unspecified atom stereocenters. The van der Waals surface area contributed by atoms with Crippen molar-refractivity contribution in [2.45, 2.75) is 19.9 Å². The molecule has 1 N–H and O–H groups in total. The molecule has 0 atom stereocenters. The average molecular weight is 298 g/mol. The van der Waals surface area contributed by atoms with Crippen LogP contribution < -0.4 is 5.32 Å². The van der Waals surface area contributed by atoms with Gasteiger partial charge in [-0.3, -0.25) is 4.79 Å². The molecule has 1 amide bonds. The number of fused-ring (bicyclic) bond motifs is 1. The van der Waals surface area contributed by atoms with Crippen LogP contribution in [0, 0.1) is 12.7 Å². The van der Waals surface area contributed by atoms with Crippen molar-refractivity contribution in [2.75, 3.05) is 0 Å². The number of hydrogen-bond acceptors (Lipinski definition) is 3. The first-order chi connectivity index (χ1) is 10.6. The number of nitrogens with one attached hydrogen (secondary N) is 1. The van der Waals surface area contributed by atoms with Gasteiger partial charge in [-0.2, -0.15) is 0 Å². The number of nitrogens with zero attached hydrogens (tertiary/aromatic N) is 1. The van der Waals surface area contributed by atoms with Crippen molar-refractivity contribution < 1.29 is 13.6 Å². The van der Waals surface area contributed by atoms with Crippen LogP contribution >= 0.6 is 0 Å². The number of carbonyl (C=O) groups is 1. The number of carbonyl (C=O) groups excluding carboxylic acids is 1. The van der Waals surface area contributed by atoms with Crippen LogP contribution in [0.1, 0.15) is 17.0 Å². The van der Waals surface area contributed by atoms with Crippen molar-refractivity contribution in [3.8, 4) is 0 Å². The molecule has 1 aromatic heterocycles. The van der Waals surface area contributed by atoms with Crippen LogP contribution in [0.15, 0.2) is 46.9 Å². The van der Waals surface area contributed by atoms with Crippen molar-refractivity contribution in [2.24, 2.45) is 0 Å². The van der Waals surface area contributed by atoms with Gasteiger partial charge in [-0.25, -0.2) is 9.37 Å². The van der Waals surface area contributed by atoms with Gasteiger partial charge in [-0.15, -0.1) is 0 Å². The smallest absolute Gasteiger partial charge is 0.224 e. The topological polar surface area (TPSA) is 55.1 Å². The lowest BCUT2D eigenvalue weighted by Gasteiger charge is -2.05. The highest BCUT2D eigenvalue weighted by Crippen LogP contribution is 2.16. The number of hydrogen-bond donors (Lipinski definition) is 1. The highest BCUT2D eigenvalue weighted by Gasteiger charge is 2.06. The van der Waals surface area contributed by atoms with E-state index < -0.39 is 0 Å². The van der Waals surface area contributed by atoms with Gasteiger partial charge >= 0.3 is 0 Å². The van der Waals surface area contributed by atoms with Gasteiger partial charge in [-0.05, 0) is 35.4 Å². The largest absolute Gasteiger partial charge is 0.441 e. The Morgan fingerprint density at radius 1 is 1.23 bits per heavy atom. The molecule has 2 aromatic carbocycles. The highest BCUT2D eigenvalue weighted by atomic mass is 19.1. The van der Waals surface area contributed by atoms with E-state index in [4.69, 9.17) is 4.42 Å². The minimum absolute atomic E-state index is 0.151. The van der Waals surface area contributed by atoms with Crippen molar-refractivity contribution in [3.63, 3.8) is 0 Å². The first kappa shape index (κ1) is 14.3. The number of rotatable bonds is 4. The summed E-state index contributed by atoms with van der Waals surface area (Å²) in [4.78, 5) is 16.2. The first-order valence-electron chi connectivity index (χ1n) is 6.97. The lowest BCUT2D eigenvalue weighted by molar-refractivity contribution is -0.120. The molecule has 0 saturated carbocycles. The van der Waals surface area contributed by atoms with Gasteiger partial charge in [0.2, 0.25) is 5.91 Å². The van der Waals surface area contributed by atoms with E-state index >= 15 is 0 Å². The summed E-state index contributed by atoms with van der Waals surface area (Å²) in [5.74, 6) is 0.126. The third kappa shape index (κ3) is 3.31. The Morgan fingerprint density at radius 2 is 2.09 bits per heavy atom. The number of benzene rings is 2. The fourth-order valence-corrected chi connectivity index (χ4v) is 2.29. The van der Waals surface area contributed by atoms with Crippen molar-refractivity contribution in [1.29, 1.82) is 0 Å². The molecule has 3 aromatic rings. The third-order valence-corrected chi connectivity index (χ3v) is 3.30. The number of oxazole rings is 1. The van der Waals surface area contributed by atoms with E-state index in [1.54, 1.807) is 19.1 Å². The molecule has 0 aliphatic rings. The van der Waals surface area contributed by atoms with Gasteiger partial charge in [0.05, 0.1) is 6.42 Å². The Labute approximate surface area is 127 Å². The predicted octanol–water partition coefficient (Wildman–Crippen LogP) is 3.13. The molecule has 3 rings (SSSR count). The maximum atomic E-state index is 13.1. The Bertz CT molecular complexity index is 826. The van der Waals surface area contributed by atoms with E-state index in [0.29, 0.717) is 18.0 Å². The van der Waals surface area contributed by atoms with E-state index in [1.807, 2.05) is 18.2 Å². The van der Waals surface area contributed by atoms with Crippen LogP contribution in [-0.2, 0) is 17.8 Å². The van der Waals surface area contributed by atoms with Crippen LogP contribution in [0.4, 0.5) is 4.39 Å². The molecule has 22 heavy (non-hydrogen) atoms. The number of amides is 1. The molecule has 0 aliphatic carbocycles. The van der Waals surface area contributed by atoms with E-state index in [-0.39, 0.29) is 18.1 Å². The summed E-state index contributed by atoms with van der Waals surface area (Å²) in [5.41, 5.74) is 3.09. The Morgan fingerprint density at radius 3 is 2.91 bits per heavy atom. The SMILES string of the molecule is Cc1nc2cc(CNC(=O)Cc3cccc(F)c3)ccc2o1. The standard InChI is InChI=1S/C17H15FN2O2/c1-11-20-15-8-13(5-6-16(15)22-11)10-19-17(21)9-12-3-2-4-14(18)7-12/h2-8H,9-10H2,1H3,(H,19,21). The Kier molecular flexibility index (Phi) is 3.87. The molecule has 4 nitrogen and oxygen atoms in total. The zero-order chi connectivity index (χ0) is 15.5. The van der Waals surface area contributed by atoms with E-state index in [9.17, 15) is 9.18 Å². The fourth-order valence-electron chi connectivity index (χ4n) is 2.29. The molecule has 0 fully saturated rings. The minimum Gasteiger partial charge on any atom is -0.441 e. The zero-order valence-electron chi connectivity index (χ0n) is 12.1. The molecule has 0 bridgehead atoms. The summed E-state index contributed by atoms with van der Waals surface area (Å²) >= 11 is 0. The second-order valence-electron chi connectivity index (χ2n) is 5.12. The van der Waals surface area contributed by atoms with E-state index in [2.05, 4.69) is 10.3 Å². The fraction of sp³-hybridized carbons (Fsp3) is 0.176. The lowest BCUT2D eigenvalue weighted by Crippen LogP contribution is -2.24. The summed E-state index contributed by atoms with van der Waals surface area (Å²) in [6.45, 7) is 2.19. The summed E-state index contributed by atoms with van der Waals surface area (Å²) in [6.07, 6.45) is 0.156. The molecule has 5 heteroatoms. The number of aryl methyl sites for hydroxylation is 1. The highest BCUT2D eigenvalue weighted by molar-refractivity contribution is 5.79. The molecule has 0 aliphatic heterocycles. The molecule has 0 radical (unpaired) electrons. The Balaban J connectivity index is 1.62. The third-order valence-electron chi connectivity index (χ3n) is 3.30. The van der Waals surface area contributed by atoms with Crippen LogP contribution in [0.5, 0.6) is 0 Å². The maximum Gasteiger partial charge on any atom is 0.224 e. The summed E-state index contributed by atoms with van der Waals surface area (Å²) in [6, 6.07) is 11.7. The average Bonchev–Trinajstić information content (AvgIpc) is 2.84. The van der Waals surface area contributed by atoms with Crippen LogP contribution in [-0.4, -0.2) is 10.9 Å². The summed E-state index contributed by atoms with van der Waals surface area (Å²) in [7, 11) is 0. The van der Waals surface area contributed by atoms with E-state index in [1.165, 1.54) is 12.1 Å². The van der Waals surface area contributed by atoms with Crippen LogP contribution in [0.2, 0.25) is 0 Å². The van der Waals surface area contributed by atoms with Gasteiger partial charge < -0.3 is 9.73 Å². The van der Waals surface area contributed by atoms with Crippen molar-refractivity contribution in [3.05, 3.63) is 65.3 Å². The second-order valence-corrected chi connectivity index (χ2v) is 5.12. The number of halogens is 1. The molecule has 0 spiro atoms. The molecule has 112 valence electrons. The molecular weight excluding hydrogens is 283 g/mol. The van der Waals surface area contributed by atoms with Gasteiger partial charge in [-0.1, -0.05) is 18.2 Å². The van der Waals surface area contributed by atoms with Crippen LogP contribution in [0.25, 0.3) is 11.1 Å². The molecular formula is C17H15FN2O2. The van der Waals surface area contributed by atoms with Gasteiger partial charge in [0.25, 0.3) is 0 Å². The maximum absolute atomic E-state index is 13.1. The van der Waals surface area contributed by atoms with Crippen LogP contribution in [0.3, 0.4) is 0 Å². The van der Waals surface area contributed by atoms with E-state index in [0.717, 1.165) is 16.7 Å². The quantitative estimate of drug-likeness (QED) is 0.805. The summed E-state index contributed by atoms with van der Waals surface area (Å²) < 4.78 is 18.5. The summed E-state index contributed by atoms with van der Waals surface area (Å²) in [5, 5.41) is 2.82. The van der Waals surface area contributed by atoms with Gasteiger partial charge in [0.1, 0.15) is 11.3 Å². The lowest BCUT2D eigenvalue weighted by atomic mass is 10.1. The predicted molar refractivity (Wildman–Crippen MR) is 80.7 cm³/mol. The first-order valence-corrected chi connectivity index (χ1v) is 6.97. The zero-order valence-corrected chi connectivity index (χ0v) is 12.1. The minimum atomic E-state index is -0.336. The van der Waals surface area contributed by atoms with Crippen molar-refractivity contribution >= 4 is 17.0 Å². The Hall–Kier alpha value is -2.69. The molecule has 0 saturated heterocycles. The number of aromatic nitrogens is 1. The van der Waals surface area contributed by atoms with Crippen molar-refractivity contribution in [1.82, 2.24) is 10.3 Å². The van der Waals surface area contributed by atoms with Gasteiger partial charge in [0.15, 0.2) is 11.5 Å². The monoisotopic (exact) mass is 298 g/mol. The molecule has 1 heterocycles.